The lowest BCUT2D eigenvalue weighted by molar-refractivity contribution is -0.690. The summed E-state index contributed by atoms with van der Waals surface area (Å²) < 4.78 is 15.3. The summed E-state index contributed by atoms with van der Waals surface area (Å²) in [5.41, 5.74) is 1.78. The van der Waals surface area contributed by atoms with Gasteiger partial charge in [0.05, 0.1) is 24.8 Å². The largest absolute Gasteiger partial charge is 0.465 e. The molecule has 0 saturated carbocycles. The Labute approximate surface area is 161 Å². The van der Waals surface area contributed by atoms with Crippen LogP contribution in [0, 0.1) is 0 Å². The fraction of sp³-hybridized carbons (Fsp3) is 0.250. The number of imide groups is 1. The van der Waals surface area contributed by atoms with Crippen molar-refractivity contribution in [1.82, 2.24) is 0 Å². The number of amides is 2. The lowest BCUT2D eigenvalue weighted by atomic mass is 10.1. The van der Waals surface area contributed by atoms with E-state index >= 15 is 0 Å². The standard InChI is InChI=1S/C20H18N2O6/c1-26-20(25)13-3-5-14(6-4-13)22-18(23)9-15(19(22)24)21-10-12-2-7-16-17(8-12)28-11-27-16/h2-8,15,21H,9-11H2,1H3/p+1/t15-/m1/s1. The molecule has 0 aliphatic carbocycles. The number of methoxy groups -OCH3 is 1. The Morgan fingerprint density at radius 1 is 1.14 bits per heavy atom. The maximum absolute atomic E-state index is 12.7. The van der Waals surface area contributed by atoms with E-state index in [4.69, 9.17) is 9.47 Å². The molecule has 2 N–H and O–H groups in total. The van der Waals surface area contributed by atoms with Gasteiger partial charge in [0.1, 0.15) is 6.54 Å². The van der Waals surface area contributed by atoms with Crippen molar-refractivity contribution in [3.05, 3.63) is 53.6 Å². The Morgan fingerprint density at radius 2 is 1.89 bits per heavy atom. The highest BCUT2D eigenvalue weighted by molar-refractivity contribution is 6.21. The molecule has 4 rings (SSSR count). The molecule has 0 bridgehead atoms. The van der Waals surface area contributed by atoms with Gasteiger partial charge in [-0.15, -0.1) is 0 Å². The van der Waals surface area contributed by atoms with Crippen LogP contribution in [0.4, 0.5) is 5.69 Å². The van der Waals surface area contributed by atoms with Crippen LogP contribution in [0.25, 0.3) is 0 Å². The molecule has 2 aliphatic heterocycles. The topological polar surface area (TPSA) is 98.8 Å². The van der Waals surface area contributed by atoms with Crippen molar-refractivity contribution in [3.8, 4) is 11.5 Å². The SMILES string of the molecule is COC(=O)c1ccc(N2C(=O)C[C@@H]([NH2+]Cc3ccc4c(c3)OCO4)C2=O)cc1. The van der Waals surface area contributed by atoms with Gasteiger partial charge in [0.25, 0.3) is 5.91 Å². The lowest BCUT2D eigenvalue weighted by Crippen LogP contribution is -2.90. The number of rotatable bonds is 5. The zero-order valence-corrected chi connectivity index (χ0v) is 15.2. The predicted molar refractivity (Wildman–Crippen MR) is 96.9 cm³/mol. The molecule has 2 amide bonds. The normalized spacial score (nSPS) is 17.9. The van der Waals surface area contributed by atoms with E-state index in [1.54, 1.807) is 12.1 Å². The molecular weight excluding hydrogens is 364 g/mol. The molecule has 2 aromatic rings. The molecule has 0 radical (unpaired) electrons. The molecule has 28 heavy (non-hydrogen) atoms. The van der Waals surface area contributed by atoms with Gasteiger partial charge >= 0.3 is 5.97 Å². The zero-order chi connectivity index (χ0) is 19.7. The number of nitrogens with two attached hydrogens (primary N) is 1. The van der Waals surface area contributed by atoms with Crippen molar-refractivity contribution < 1.29 is 33.9 Å². The number of carbonyl (C=O) groups excluding carboxylic acids is 3. The second-order valence-corrected chi connectivity index (χ2v) is 6.54. The number of benzene rings is 2. The highest BCUT2D eigenvalue weighted by atomic mass is 16.7. The second kappa shape index (κ2) is 7.32. The van der Waals surface area contributed by atoms with Crippen LogP contribution in [0.3, 0.4) is 0 Å². The van der Waals surface area contributed by atoms with Gasteiger partial charge in [0.15, 0.2) is 17.5 Å². The fourth-order valence-corrected chi connectivity index (χ4v) is 3.32. The van der Waals surface area contributed by atoms with Crippen molar-refractivity contribution in [1.29, 1.82) is 0 Å². The summed E-state index contributed by atoms with van der Waals surface area (Å²) in [6.45, 7) is 0.747. The molecule has 0 unspecified atom stereocenters. The van der Waals surface area contributed by atoms with Crippen LogP contribution in [-0.4, -0.2) is 37.7 Å². The highest BCUT2D eigenvalue weighted by Gasteiger charge is 2.42. The van der Waals surface area contributed by atoms with Gasteiger partial charge in [-0.3, -0.25) is 9.59 Å². The van der Waals surface area contributed by atoms with Gasteiger partial charge in [-0.2, -0.15) is 0 Å². The zero-order valence-electron chi connectivity index (χ0n) is 15.2. The van der Waals surface area contributed by atoms with Crippen molar-refractivity contribution in [2.45, 2.75) is 19.0 Å². The monoisotopic (exact) mass is 383 g/mol. The van der Waals surface area contributed by atoms with Crippen LogP contribution in [0.5, 0.6) is 11.5 Å². The highest BCUT2D eigenvalue weighted by Crippen LogP contribution is 2.32. The maximum Gasteiger partial charge on any atom is 0.337 e. The minimum atomic E-state index is -0.488. The summed E-state index contributed by atoms with van der Waals surface area (Å²) in [5.74, 6) is 0.393. The predicted octanol–water partition coefficient (Wildman–Crippen LogP) is 0.597. The first-order valence-electron chi connectivity index (χ1n) is 8.84. The number of nitrogens with zero attached hydrogens (tertiary/aromatic N) is 1. The number of carbonyl (C=O) groups is 3. The maximum atomic E-state index is 12.7. The van der Waals surface area contributed by atoms with Crippen LogP contribution in [0.1, 0.15) is 22.3 Å². The first kappa shape index (κ1) is 18.0. The third-order valence-electron chi connectivity index (χ3n) is 4.80. The van der Waals surface area contributed by atoms with Crippen molar-refractivity contribution in [2.75, 3.05) is 18.8 Å². The smallest absolute Gasteiger partial charge is 0.337 e. The molecule has 1 atom stereocenters. The van der Waals surface area contributed by atoms with Crippen LogP contribution in [0.2, 0.25) is 0 Å². The van der Waals surface area contributed by atoms with E-state index in [0.29, 0.717) is 29.3 Å². The third kappa shape index (κ3) is 3.29. The van der Waals surface area contributed by atoms with Gasteiger partial charge in [0.2, 0.25) is 12.7 Å². The molecule has 0 spiro atoms. The lowest BCUT2D eigenvalue weighted by Gasteiger charge is -2.14. The quantitative estimate of drug-likeness (QED) is 0.600. The van der Waals surface area contributed by atoms with E-state index in [2.05, 4.69) is 4.74 Å². The van der Waals surface area contributed by atoms with Gasteiger partial charge in [-0.25, -0.2) is 9.69 Å². The van der Waals surface area contributed by atoms with E-state index in [-0.39, 0.29) is 25.0 Å². The fourth-order valence-electron chi connectivity index (χ4n) is 3.32. The molecule has 2 aromatic carbocycles. The van der Waals surface area contributed by atoms with E-state index in [1.807, 2.05) is 23.5 Å². The van der Waals surface area contributed by atoms with Crippen LogP contribution in [-0.2, 0) is 20.9 Å². The number of quaternary nitrogens is 1. The third-order valence-corrected chi connectivity index (χ3v) is 4.80. The molecule has 1 fully saturated rings. The number of ether oxygens (including phenoxy) is 3. The van der Waals surface area contributed by atoms with Crippen molar-refractivity contribution >= 4 is 23.5 Å². The first-order valence-corrected chi connectivity index (χ1v) is 8.84. The van der Waals surface area contributed by atoms with E-state index in [9.17, 15) is 14.4 Å². The summed E-state index contributed by atoms with van der Waals surface area (Å²) in [4.78, 5) is 37.8. The van der Waals surface area contributed by atoms with E-state index in [1.165, 1.54) is 24.1 Å². The number of hydrogen-bond donors (Lipinski definition) is 1. The number of fused-ring (bicyclic) bond motifs is 1. The minimum absolute atomic E-state index is 0.127. The molecule has 0 aromatic heterocycles. The Bertz CT molecular complexity index is 940. The average molecular weight is 383 g/mol. The summed E-state index contributed by atoms with van der Waals surface area (Å²) in [7, 11) is 1.30. The second-order valence-electron chi connectivity index (χ2n) is 6.54. The molecule has 8 nitrogen and oxygen atoms in total. The molecule has 144 valence electrons. The Kier molecular flexibility index (Phi) is 4.70. The number of hydrogen-bond acceptors (Lipinski definition) is 6. The van der Waals surface area contributed by atoms with Crippen molar-refractivity contribution in [2.24, 2.45) is 0 Å². The van der Waals surface area contributed by atoms with Crippen LogP contribution >= 0.6 is 0 Å². The van der Waals surface area contributed by atoms with Gasteiger partial charge < -0.3 is 19.5 Å². The van der Waals surface area contributed by atoms with E-state index in [0.717, 1.165) is 5.56 Å². The van der Waals surface area contributed by atoms with Gasteiger partial charge in [-0.1, -0.05) is 0 Å². The van der Waals surface area contributed by atoms with Gasteiger partial charge in [0, 0.05) is 5.56 Å². The molecular formula is C20H19N2O6+. The molecule has 2 heterocycles. The summed E-state index contributed by atoms with van der Waals surface area (Å²) in [5, 5.41) is 1.85. The van der Waals surface area contributed by atoms with Crippen molar-refractivity contribution in [3.63, 3.8) is 0 Å². The van der Waals surface area contributed by atoms with E-state index < -0.39 is 12.0 Å². The summed E-state index contributed by atoms with van der Waals surface area (Å²) in [6.07, 6.45) is 0.127. The average Bonchev–Trinajstić information content (AvgIpc) is 3.29. The van der Waals surface area contributed by atoms with Crippen LogP contribution in [0.15, 0.2) is 42.5 Å². The van der Waals surface area contributed by atoms with Crippen LogP contribution < -0.4 is 19.7 Å². The Morgan fingerprint density at radius 3 is 2.64 bits per heavy atom. The molecule has 2 aliphatic rings. The summed E-state index contributed by atoms with van der Waals surface area (Å²) in [6, 6.07) is 11.3. The first-order chi connectivity index (χ1) is 13.6. The number of anilines is 1. The molecule has 1 saturated heterocycles. The Balaban J connectivity index is 1.43. The number of esters is 1. The Hall–Kier alpha value is -3.39. The minimum Gasteiger partial charge on any atom is -0.465 e. The summed E-state index contributed by atoms with van der Waals surface area (Å²) >= 11 is 0. The molecule has 8 heteroatoms. The van der Waals surface area contributed by atoms with Gasteiger partial charge in [-0.05, 0) is 42.5 Å².